The molecule has 1 aromatic rings. The molecule has 0 bridgehead atoms. The number of nitrogens with zero attached hydrogens (tertiary/aromatic N) is 3. The first-order chi connectivity index (χ1) is 9.15. The number of hydrogen-bond acceptors (Lipinski definition) is 5. The molecule has 1 unspecified atom stereocenters. The van der Waals surface area contributed by atoms with Crippen LogP contribution in [0.2, 0.25) is 0 Å². The van der Waals surface area contributed by atoms with Crippen LogP contribution in [0.1, 0.15) is 37.9 Å². The Labute approximate surface area is 120 Å². The van der Waals surface area contributed by atoms with E-state index < -0.39 is 0 Å². The fraction of sp³-hybridized carbons (Fsp3) is 0.714. The van der Waals surface area contributed by atoms with Crippen LogP contribution in [0.15, 0.2) is 6.07 Å². The van der Waals surface area contributed by atoms with Crippen LogP contribution in [0.25, 0.3) is 0 Å². The number of rotatable bonds is 7. The van der Waals surface area contributed by atoms with Crippen LogP contribution in [0.3, 0.4) is 0 Å². The van der Waals surface area contributed by atoms with E-state index in [0.29, 0.717) is 12.0 Å². The van der Waals surface area contributed by atoms with Gasteiger partial charge in [-0.1, -0.05) is 0 Å². The van der Waals surface area contributed by atoms with Crippen molar-refractivity contribution < 1.29 is 0 Å². The fourth-order valence-electron chi connectivity index (χ4n) is 1.99. The highest BCUT2D eigenvalue weighted by atomic mass is 32.2. The van der Waals surface area contributed by atoms with Crippen molar-refractivity contribution in [1.82, 2.24) is 9.97 Å². The molecule has 5 heteroatoms. The molecule has 2 rings (SSSR count). The molecule has 0 aliphatic heterocycles. The maximum Gasteiger partial charge on any atom is 0.136 e. The van der Waals surface area contributed by atoms with E-state index in [9.17, 15) is 0 Å². The summed E-state index contributed by atoms with van der Waals surface area (Å²) in [7, 11) is 4.05. The third-order valence-corrected chi connectivity index (χ3v) is 4.33. The Morgan fingerprint density at radius 2 is 2.21 bits per heavy atom. The van der Waals surface area contributed by atoms with Crippen LogP contribution in [-0.2, 0) is 0 Å². The normalized spacial score (nSPS) is 16.2. The number of aromatic nitrogens is 2. The highest BCUT2D eigenvalue weighted by Gasteiger charge is 2.28. The van der Waals surface area contributed by atoms with Gasteiger partial charge in [0.2, 0.25) is 0 Å². The highest BCUT2D eigenvalue weighted by molar-refractivity contribution is 7.98. The van der Waals surface area contributed by atoms with E-state index in [1.54, 1.807) is 0 Å². The zero-order valence-corrected chi connectivity index (χ0v) is 13.1. The van der Waals surface area contributed by atoms with Crippen molar-refractivity contribution in [3.63, 3.8) is 0 Å². The van der Waals surface area contributed by atoms with E-state index in [0.717, 1.165) is 17.5 Å². The lowest BCUT2D eigenvalue weighted by molar-refractivity contribution is 0.659. The van der Waals surface area contributed by atoms with Gasteiger partial charge in [-0.25, -0.2) is 9.97 Å². The van der Waals surface area contributed by atoms with Crippen molar-refractivity contribution in [3.8, 4) is 0 Å². The average Bonchev–Trinajstić information content (AvgIpc) is 3.27. The van der Waals surface area contributed by atoms with Crippen molar-refractivity contribution in [3.05, 3.63) is 11.9 Å². The van der Waals surface area contributed by atoms with Crippen LogP contribution >= 0.6 is 11.8 Å². The molecule has 1 aliphatic rings. The molecule has 1 atom stereocenters. The van der Waals surface area contributed by atoms with Gasteiger partial charge in [-0.2, -0.15) is 11.8 Å². The molecule has 19 heavy (non-hydrogen) atoms. The maximum atomic E-state index is 4.74. The van der Waals surface area contributed by atoms with Crippen LogP contribution < -0.4 is 10.2 Å². The van der Waals surface area contributed by atoms with E-state index in [-0.39, 0.29) is 0 Å². The summed E-state index contributed by atoms with van der Waals surface area (Å²) in [4.78, 5) is 11.6. The topological polar surface area (TPSA) is 41.0 Å². The molecule has 0 amide bonds. The van der Waals surface area contributed by atoms with Crippen LogP contribution in [0.5, 0.6) is 0 Å². The van der Waals surface area contributed by atoms with E-state index in [1.807, 2.05) is 24.9 Å². The second-order valence-electron chi connectivity index (χ2n) is 5.24. The van der Waals surface area contributed by atoms with Crippen molar-refractivity contribution in [2.75, 3.05) is 36.3 Å². The van der Waals surface area contributed by atoms with Crippen molar-refractivity contribution in [2.24, 2.45) is 0 Å². The lowest BCUT2D eigenvalue weighted by atomic mass is 10.2. The van der Waals surface area contributed by atoms with Crippen molar-refractivity contribution in [1.29, 1.82) is 0 Å². The van der Waals surface area contributed by atoms with Crippen molar-refractivity contribution >= 4 is 23.4 Å². The zero-order valence-electron chi connectivity index (χ0n) is 12.3. The molecule has 4 nitrogen and oxygen atoms in total. The molecule has 0 radical (unpaired) electrons. The number of thioether (sulfide) groups is 1. The molecule has 1 heterocycles. The smallest absolute Gasteiger partial charge is 0.136 e. The monoisotopic (exact) mass is 280 g/mol. The Bertz CT molecular complexity index is 420. The Hall–Kier alpha value is -0.970. The Balaban J connectivity index is 2.15. The molecule has 106 valence electrons. The summed E-state index contributed by atoms with van der Waals surface area (Å²) in [5.41, 5.74) is 0. The Morgan fingerprint density at radius 3 is 2.79 bits per heavy atom. The summed E-state index contributed by atoms with van der Waals surface area (Å²) in [5, 5.41) is 3.15. The van der Waals surface area contributed by atoms with E-state index in [2.05, 4.69) is 35.4 Å². The molecular weight excluding hydrogens is 256 g/mol. The van der Waals surface area contributed by atoms with Crippen molar-refractivity contribution in [2.45, 2.75) is 38.1 Å². The van der Waals surface area contributed by atoms with Gasteiger partial charge >= 0.3 is 0 Å². The summed E-state index contributed by atoms with van der Waals surface area (Å²) < 4.78 is 0. The molecule has 0 saturated heterocycles. The third-order valence-electron chi connectivity index (χ3n) is 3.69. The first kappa shape index (κ1) is 14.4. The van der Waals surface area contributed by atoms with Crippen LogP contribution in [0, 0.1) is 0 Å². The summed E-state index contributed by atoms with van der Waals surface area (Å²) in [6.45, 7) is 2.26. The molecule has 1 fully saturated rings. The predicted molar refractivity (Wildman–Crippen MR) is 84.4 cm³/mol. The SMILES string of the molecule is CNc1cc(N(C)C(C)CCSC)nc(C2CC2)n1. The quantitative estimate of drug-likeness (QED) is 0.831. The van der Waals surface area contributed by atoms with Crippen LogP contribution in [0.4, 0.5) is 11.6 Å². The first-order valence-corrected chi connectivity index (χ1v) is 8.33. The standard InChI is InChI=1S/C14H24N4S/c1-10(7-8-19-4)18(3)13-9-12(15-2)16-14(17-13)11-5-6-11/h9-11H,5-8H2,1-4H3,(H,15,16,17). The molecular formula is C14H24N4S. The Morgan fingerprint density at radius 1 is 1.47 bits per heavy atom. The molecule has 1 N–H and O–H groups in total. The molecule has 1 saturated carbocycles. The maximum absolute atomic E-state index is 4.74. The Kier molecular flexibility index (Phi) is 4.91. The van der Waals surface area contributed by atoms with Gasteiger partial charge in [0, 0.05) is 32.1 Å². The van der Waals surface area contributed by atoms with Gasteiger partial charge in [0.15, 0.2) is 0 Å². The van der Waals surface area contributed by atoms with Gasteiger partial charge in [0.25, 0.3) is 0 Å². The lowest BCUT2D eigenvalue weighted by Crippen LogP contribution is -2.30. The molecule has 0 spiro atoms. The van der Waals surface area contributed by atoms with Gasteiger partial charge in [-0.15, -0.1) is 0 Å². The predicted octanol–water partition coefficient (Wildman–Crippen LogP) is 2.97. The molecule has 0 aromatic carbocycles. The third kappa shape index (κ3) is 3.75. The first-order valence-electron chi connectivity index (χ1n) is 6.94. The molecule has 1 aliphatic carbocycles. The molecule has 1 aromatic heterocycles. The second kappa shape index (κ2) is 6.46. The minimum absolute atomic E-state index is 0.499. The number of nitrogens with one attached hydrogen (secondary N) is 1. The zero-order chi connectivity index (χ0) is 13.8. The second-order valence-corrected chi connectivity index (χ2v) is 6.22. The lowest BCUT2D eigenvalue weighted by Gasteiger charge is -2.26. The average molecular weight is 280 g/mol. The summed E-state index contributed by atoms with van der Waals surface area (Å²) >= 11 is 1.90. The summed E-state index contributed by atoms with van der Waals surface area (Å²) in [6.07, 6.45) is 5.80. The van der Waals surface area contributed by atoms with Gasteiger partial charge in [0.1, 0.15) is 17.5 Å². The minimum Gasteiger partial charge on any atom is -0.373 e. The number of anilines is 2. The van der Waals surface area contributed by atoms with E-state index in [1.165, 1.54) is 25.0 Å². The van der Waals surface area contributed by atoms with Gasteiger partial charge in [-0.3, -0.25) is 0 Å². The van der Waals surface area contributed by atoms with E-state index in [4.69, 9.17) is 4.98 Å². The minimum atomic E-state index is 0.499. The van der Waals surface area contributed by atoms with Gasteiger partial charge in [-0.05, 0) is 38.2 Å². The summed E-state index contributed by atoms with van der Waals surface area (Å²) in [5.74, 6) is 4.74. The van der Waals surface area contributed by atoms with Gasteiger partial charge < -0.3 is 10.2 Å². The summed E-state index contributed by atoms with van der Waals surface area (Å²) in [6, 6.07) is 2.54. The van der Waals surface area contributed by atoms with Crippen LogP contribution in [-0.4, -0.2) is 42.1 Å². The highest BCUT2D eigenvalue weighted by Crippen LogP contribution is 2.39. The fourth-order valence-corrected chi connectivity index (χ4v) is 2.57. The number of hydrogen-bond donors (Lipinski definition) is 1. The van der Waals surface area contributed by atoms with E-state index >= 15 is 0 Å². The largest absolute Gasteiger partial charge is 0.373 e. The van der Waals surface area contributed by atoms with Gasteiger partial charge in [0.05, 0.1) is 0 Å².